The molecule has 0 unspecified atom stereocenters. The van der Waals surface area contributed by atoms with Crippen molar-refractivity contribution in [1.29, 1.82) is 0 Å². The predicted molar refractivity (Wildman–Crippen MR) is 187 cm³/mol. The van der Waals surface area contributed by atoms with E-state index in [4.69, 9.17) is 21.1 Å². The number of nitrogens with one attached hydrogen (secondary N) is 3. The molecular weight excluding hydrogens is 636 g/mol. The number of alkyl carbamates (subject to hydrolysis) is 1. The fraction of sp³-hybridized carbons (Fsp3) is 0.417. The van der Waals surface area contributed by atoms with E-state index in [9.17, 15) is 24.6 Å². The van der Waals surface area contributed by atoms with E-state index < -0.39 is 23.8 Å². The third-order valence-electron chi connectivity index (χ3n) is 8.11. The van der Waals surface area contributed by atoms with Crippen molar-refractivity contribution in [1.82, 2.24) is 10.6 Å². The van der Waals surface area contributed by atoms with Crippen molar-refractivity contribution in [2.45, 2.75) is 83.6 Å². The number of aryl methyl sites for hydroxylation is 1. The lowest BCUT2D eigenvalue weighted by Gasteiger charge is -2.36. The van der Waals surface area contributed by atoms with Crippen LogP contribution < -0.4 is 25.6 Å². The number of amides is 4. The molecule has 0 spiro atoms. The maximum Gasteiger partial charge on any atom is 0.412 e. The third-order valence-corrected chi connectivity index (χ3v) is 8.42. The number of ether oxygens (including phenoxy) is 2. The summed E-state index contributed by atoms with van der Waals surface area (Å²) in [6, 6.07) is 17.9. The number of carbonyl (C=O) groups is 3. The fourth-order valence-electron chi connectivity index (χ4n) is 5.87. The number of carboxylic acid groups (broad SMARTS) is 1. The van der Waals surface area contributed by atoms with E-state index in [0.29, 0.717) is 67.8 Å². The Hall–Kier alpha value is -4.48. The highest BCUT2D eigenvalue weighted by Crippen LogP contribution is 2.37. The second kappa shape index (κ2) is 16.6. The van der Waals surface area contributed by atoms with Crippen molar-refractivity contribution in [2.75, 3.05) is 23.9 Å². The summed E-state index contributed by atoms with van der Waals surface area (Å²) >= 11 is 6.27. The standard InChI is InChI=1S/C36H45ClN4O7/c1-36(2,3)48-34(44)39-26-13-15-27(16-14-26)41(35(45)46)31-19-23(12-17-28(31)24-10-6-5-7-11-24)9-8-18-38-33(43)40-30-21-32(47-4)25(22-42)20-29(30)37/h5-7,10-12,17,19-21,26-27,42H,8-9,13-16,18,22H2,1-4H3,(H,39,44)(H,45,46)(H2,38,40,43)/t26-,27-. The number of anilines is 2. The molecule has 1 fully saturated rings. The molecule has 3 aromatic rings. The lowest BCUT2D eigenvalue weighted by molar-refractivity contribution is 0.0490. The summed E-state index contributed by atoms with van der Waals surface area (Å²) < 4.78 is 10.7. The van der Waals surface area contributed by atoms with E-state index in [1.54, 1.807) is 12.1 Å². The zero-order valence-corrected chi connectivity index (χ0v) is 28.6. The number of halogens is 1. The van der Waals surface area contributed by atoms with Crippen LogP contribution in [0, 0.1) is 0 Å². The first-order valence-electron chi connectivity index (χ1n) is 16.1. The van der Waals surface area contributed by atoms with Gasteiger partial charge in [0.15, 0.2) is 0 Å². The molecule has 0 atom stereocenters. The maximum absolute atomic E-state index is 12.8. The molecule has 11 nitrogen and oxygen atoms in total. The Kier molecular flexibility index (Phi) is 12.5. The average Bonchev–Trinajstić information content (AvgIpc) is 3.04. The van der Waals surface area contributed by atoms with Gasteiger partial charge in [0.25, 0.3) is 0 Å². The zero-order chi connectivity index (χ0) is 34.8. The molecule has 12 heteroatoms. The molecule has 0 aliphatic heterocycles. The van der Waals surface area contributed by atoms with E-state index in [1.807, 2.05) is 69.3 Å². The molecule has 0 aromatic heterocycles. The van der Waals surface area contributed by atoms with Crippen molar-refractivity contribution in [3.63, 3.8) is 0 Å². The molecule has 0 saturated heterocycles. The van der Waals surface area contributed by atoms with Gasteiger partial charge in [-0.3, -0.25) is 4.90 Å². The van der Waals surface area contributed by atoms with Gasteiger partial charge in [-0.2, -0.15) is 0 Å². The maximum atomic E-state index is 12.8. The summed E-state index contributed by atoms with van der Waals surface area (Å²) in [4.78, 5) is 39.2. The summed E-state index contributed by atoms with van der Waals surface area (Å²) in [6.45, 7) is 5.56. The van der Waals surface area contributed by atoms with Gasteiger partial charge in [0.05, 0.1) is 30.1 Å². The van der Waals surface area contributed by atoms with Crippen LogP contribution in [0.15, 0.2) is 60.7 Å². The largest absolute Gasteiger partial charge is 0.496 e. The lowest BCUT2D eigenvalue weighted by Crippen LogP contribution is -2.47. The van der Waals surface area contributed by atoms with Crippen molar-refractivity contribution >= 4 is 41.2 Å². The quantitative estimate of drug-likeness (QED) is 0.131. The highest BCUT2D eigenvalue weighted by Gasteiger charge is 2.32. The molecule has 4 amide bonds. The average molecular weight is 681 g/mol. The topological polar surface area (TPSA) is 149 Å². The highest BCUT2D eigenvalue weighted by atomic mass is 35.5. The van der Waals surface area contributed by atoms with Gasteiger partial charge in [-0.05, 0) is 82.6 Å². The normalized spacial score (nSPS) is 16.0. The molecule has 4 rings (SSSR count). The minimum atomic E-state index is -1.03. The number of urea groups is 1. The highest BCUT2D eigenvalue weighted by molar-refractivity contribution is 6.33. The van der Waals surface area contributed by atoms with Gasteiger partial charge in [-0.15, -0.1) is 0 Å². The minimum absolute atomic E-state index is 0.0886. The van der Waals surface area contributed by atoms with Crippen molar-refractivity contribution in [3.8, 4) is 16.9 Å². The van der Waals surface area contributed by atoms with Crippen molar-refractivity contribution < 1.29 is 34.1 Å². The lowest BCUT2D eigenvalue weighted by atomic mass is 9.89. The Labute approximate surface area is 286 Å². The SMILES string of the molecule is COc1cc(NC(=O)NCCCc2ccc(-c3ccccc3)c(N(C(=O)O)[C@H]3CC[C@H](NC(=O)OC(C)(C)C)CC3)c2)c(Cl)cc1CO. The van der Waals surface area contributed by atoms with Crippen LogP contribution in [-0.2, 0) is 17.8 Å². The first-order chi connectivity index (χ1) is 22.9. The van der Waals surface area contributed by atoms with Crippen molar-refractivity contribution in [3.05, 3.63) is 76.8 Å². The van der Waals surface area contributed by atoms with Crippen LogP contribution in [0.25, 0.3) is 11.1 Å². The Morgan fingerprint density at radius 1 is 1.00 bits per heavy atom. The number of aliphatic hydroxyl groups is 1. The number of hydrogen-bond donors (Lipinski definition) is 5. The molecule has 0 bridgehead atoms. The van der Waals surface area contributed by atoms with E-state index in [0.717, 1.165) is 16.7 Å². The number of carbonyl (C=O) groups excluding carboxylic acids is 2. The van der Waals surface area contributed by atoms with Crippen LogP contribution >= 0.6 is 11.6 Å². The Bertz CT molecular complexity index is 1570. The van der Waals surface area contributed by atoms with E-state index in [-0.39, 0.29) is 23.7 Å². The zero-order valence-electron chi connectivity index (χ0n) is 27.8. The van der Waals surface area contributed by atoms with Gasteiger partial charge in [0, 0.05) is 35.8 Å². The number of benzene rings is 3. The number of rotatable bonds is 11. The summed E-state index contributed by atoms with van der Waals surface area (Å²) in [5.41, 5.74) is 3.53. The Morgan fingerprint density at radius 3 is 2.33 bits per heavy atom. The molecular formula is C36H45ClN4O7. The molecule has 0 radical (unpaired) electrons. The summed E-state index contributed by atoms with van der Waals surface area (Å²) in [7, 11) is 1.47. The minimum Gasteiger partial charge on any atom is -0.496 e. The fourth-order valence-corrected chi connectivity index (χ4v) is 6.10. The van der Waals surface area contributed by atoms with Crippen LogP contribution in [0.1, 0.15) is 64.0 Å². The van der Waals surface area contributed by atoms with Crippen LogP contribution in [0.3, 0.4) is 0 Å². The molecule has 258 valence electrons. The molecule has 48 heavy (non-hydrogen) atoms. The van der Waals surface area contributed by atoms with Crippen LogP contribution in [0.2, 0.25) is 5.02 Å². The Balaban J connectivity index is 1.43. The second-order valence-corrected chi connectivity index (χ2v) is 13.2. The summed E-state index contributed by atoms with van der Waals surface area (Å²) in [5.74, 6) is 0.410. The van der Waals surface area contributed by atoms with E-state index in [2.05, 4.69) is 16.0 Å². The molecule has 3 aromatic carbocycles. The summed E-state index contributed by atoms with van der Waals surface area (Å²) in [5, 5.41) is 28.7. The van der Waals surface area contributed by atoms with Crippen molar-refractivity contribution in [2.24, 2.45) is 0 Å². The van der Waals surface area contributed by atoms with Gasteiger partial charge in [-0.1, -0.05) is 54.1 Å². The van der Waals surface area contributed by atoms with Crippen LogP contribution in [0.4, 0.5) is 25.8 Å². The number of hydrogen-bond acceptors (Lipinski definition) is 6. The van der Waals surface area contributed by atoms with E-state index >= 15 is 0 Å². The van der Waals surface area contributed by atoms with Gasteiger partial charge in [0.2, 0.25) is 0 Å². The van der Waals surface area contributed by atoms with Gasteiger partial charge >= 0.3 is 18.2 Å². The van der Waals surface area contributed by atoms with Gasteiger partial charge in [-0.25, -0.2) is 14.4 Å². The summed E-state index contributed by atoms with van der Waals surface area (Å²) in [6.07, 6.45) is 2.14. The van der Waals surface area contributed by atoms with E-state index in [1.165, 1.54) is 12.0 Å². The van der Waals surface area contributed by atoms with Crippen LogP contribution in [0.5, 0.6) is 5.75 Å². The molecule has 5 N–H and O–H groups in total. The number of nitrogens with zero attached hydrogens (tertiary/aromatic N) is 1. The molecule has 1 aliphatic rings. The Morgan fingerprint density at radius 2 is 1.71 bits per heavy atom. The first-order valence-corrected chi connectivity index (χ1v) is 16.5. The second-order valence-electron chi connectivity index (χ2n) is 12.8. The number of aliphatic hydroxyl groups excluding tert-OH is 1. The third kappa shape index (κ3) is 10.0. The molecule has 1 saturated carbocycles. The monoisotopic (exact) mass is 680 g/mol. The van der Waals surface area contributed by atoms with Gasteiger partial charge in [0.1, 0.15) is 11.4 Å². The predicted octanol–water partition coefficient (Wildman–Crippen LogP) is 7.58. The van der Waals surface area contributed by atoms with Gasteiger partial charge < -0.3 is 35.6 Å². The first kappa shape index (κ1) is 36.4. The smallest absolute Gasteiger partial charge is 0.412 e. The molecule has 0 heterocycles. The van der Waals surface area contributed by atoms with Crippen LogP contribution in [-0.4, -0.2) is 59.8 Å². The molecule has 1 aliphatic carbocycles. The number of methoxy groups -OCH3 is 1.